The van der Waals surface area contributed by atoms with E-state index in [9.17, 15) is 0 Å². The van der Waals surface area contributed by atoms with Crippen molar-refractivity contribution in [3.63, 3.8) is 0 Å². The quantitative estimate of drug-likeness (QED) is 0.443. The Labute approximate surface area is 125 Å². The fraction of sp³-hybridized carbons (Fsp3) is 0.571. The van der Waals surface area contributed by atoms with E-state index >= 15 is 0 Å². The lowest BCUT2D eigenvalue weighted by atomic mass is 10.1. The van der Waals surface area contributed by atoms with Crippen LogP contribution in [0.3, 0.4) is 0 Å². The summed E-state index contributed by atoms with van der Waals surface area (Å²) in [5.41, 5.74) is 1.04. The van der Waals surface area contributed by atoms with Crippen LogP contribution in [0.5, 0.6) is 5.75 Å². The van der Waals surface area contributed by atoms with Gasteiger partial charge in [-0.3, -0.25) is 0 Å². The number of rotatable bonds is 8. The van der Waals surface area contributed by atoms with Crippen LogP contribution in [0, 0.1) is 0 Å². The zero-order valence-electron chi connectivity index (χ0n) is 11.9. The molecule has 0 aliphatic heterocycles. The van der Waals surface area contributed by atoms with Gasteiger partial charge in [0.15, 0.2) is 6.79 Å². The van der Waals surface area contributed by atoms with Crippen LogP contribution in [0.15, 0.2) is 22.7 Å². The van der Waals surface area contributed by atoms with Gasteiger partial charge in [0, 0.05) is 25.8 Å². The molecule has 1 rings (SSSR count). The lowest BCUT2D eigenvalue weighted by Crippen LogP contribution is -2.22. The van der Waals surface area contributed by atoms with Gasteiger partial charge in [-0.1, -0.05) is 35.6 Å². The third kappa shape index (κ3) is 7.10. The van der Waals surface area contributed by atoms with Crippen molar-refractivity contribution in [1.82, 2.24) is 0 Å². The van der Waals surface area contributed by atoms with E-state index in [1.165, 1.54) is 0 Å². The molecule has 0 heterocycles. The summed E-state index contributed by atoms with van der Waals surface area (Å²) in [4.78, 5) is 0. The fourth-order valence-electron chi connectivity index (χ4n) is 1.50. The predicted octanol–water partition coefficient (Wildman–Crippen LogP) is 3.68. The Morgan fingerprint density at radius 3 is 2.63 bits per heavy atom. The van der Waals surface area contributed by atoms with E-state index in [0.717, 1.165) is 28.4 Å². The lowest BCUT2D eigenvalue weighted by Gasteiger charge is -2.15. The Hall–Kier alpha value is -0.363. The van der Waals surface area contributed by atoms with Crippen molar-refractivity contribution in [2.75, 3.05) is 20.0 Å². The number of aliphatic hydroxyl groups excluding tert-OH is 1. The summed E-state index contributed by atoms with van der Waals surface area (Å²) in [5.74, 6) is 0.777. The summed E-state index contributed by atoms with van der Waals surface area (Å²) in [7, 11) is -1.03. The highest BCUT2D eigenvalue weighted by atomic mass is 79.9. The molecule has 0 atom stereocenters. The van der Waals surface area contributed by atoms with Crippen LogP contribution in [0.1, 0.15) is 5.56 Å². The van der Waals surface area contributed by atoms with Crippen molar-refractivity contribution >= 4 is 24.0 Å². The first-order valence-corrected chi connectivity index (χ1v) is 11.0. The van der Waals surface area contributed by atoms with Gasteiger partial charge in [-0.25, -0.2) is 0 Å². The van der Waals surface area contributed by atoms with Gasteiger partial charge < -0.3 is 14.6 Å². The third-order valence-corrected chi connectivity index (χ3v) is 5.18. The first kappa shape index (κ1) is 16.7. The van der Waals surface area contributed by atoms with E-state index in [1.807, 2.05) is 18.2 Å². The molecule has 1 aromatic carbocycles. The maximum absolute atomic E-state index is 8.97. The van der Waals surface area contributed by atoms with Gasteiger partial charge in [0.25, 0.3) is 0 Å². The van der Waals surface area contributed by atoms with E-state index in [1.54, 1.807) is 0 Å². The molecule has 0 unspecified atom stereocenters. The molecule has 0 bridgehead atoms. The Morgan fingerprint density at radius 2 is 2.00 bits per heavy atom. The second kappa shape index (κ2) is 8.04. The Bertz CT molecular complexity index is 391. The summed E-state index contributed by atoms with van der Waals surface area (Å²) in [5, 5.41) is 8.97. The van der Waals surface area contributed by atoms with Gasteiger partial charge in [-0.15, -0.1) is 0 Å². The molecule has 0 fully saturated rings. The Balaban J connectivity index is 2.35. The number of hydrogen-bond donors (Lipinski definition) is 1. The van der Waals surface area contributed by atoms with Crippen molar-refractivity contribution < 1.29 is 14.6 Å². The molecule has 3 nitrogen and oxygen atoms in total. The predicted molar refractivity (Wildman–Crippen MR) is 84.5 cm³/mol. The summed E-state index contributed by atoms with van der Waals surface area (Å²) >= 11 is 3.45. The molecule has 0 aliphatic rings. The second-order valence-electron chi connectivity index (χ2n) is 5.71. The van der Waals surface area contributed by atoms with Crippen LogP contribution < -0.4 is 4.74 Å². The molecule has 1 aromatic rings. The van der Waals surface area contributed by atoms with E-state index in [0.29, 0.717) is 6.42 Å². The number of ether oxygens (including phenoxy) is 2. The Morgan fingerprint density at radius 1 is 1.26 bits per heavy atom. The van der Waals surface area contributed by atoms with Crippen LogP contribution in [0.2, 0.25) is 25.7 Å². The highest BCUT2D eigenvalue weighted by Crippen LogP contribution is 2.23. The zero-order chi connectivity index (χ0) is 14.3. The zero-order valence-corrected chi connectivity index (χ0v) is 14.5. The SMILES string of the molecule is C[Si](C)(C)CCOCOc1ccc(Br)c(CCO)c1. The molecule has 5 heteroatoms. The smallest absolute Gasteiger partial charge is 0.189 e. The fourth-order valence-corrected chi connectivity index (χ4v) is 2.70. The molecule has 108 valence electrons. The van der Waals surface area contributed by atoms with Crippen molar-refractivity contribution in [2.45, 2.75) is 32.1 Å². The molecule has 0 aliphatic carbocycles. The maximum atomic E-state index is 8.97. The van der Waals surface area contributed by atoms with Crippen LogP contribution in [-0.4, -0.2) is 33.2 Å². The molecule has 0 radical (unpaired) electrons. The first-order chi connectivity index (χ1) is 8.92. The van der Waals surface area contributed by atoms with E-state index in [4.69, 9.17) is 14.6 Å². The van der Waals surface area contributed by atoms with Gasteiger partial charge in [0.05, 0.1) is 0 Å². The van der Waals surface area contributed by atoms with Gasteiger partial charge in [0.1, 0.15) is 5.75 Å². The molecule has 1 N–H and O–H groups in total. The maximum Gasteiger partial charge on any atom is 0.189 e. The van der Waals surface area contributed by atoms with Crippen LogP contribution in [0.4, 0.5) is 0 Å². The van der Waals surface area contributed by atoms with E-state index in [-0.39, 0.29) is 13.4 Å². The molecule has 0 saturated heterocycles. The number of halogens is 1. The van der Waals surface area contributed by atoms with Gasteiger partial charge in [0.2, 0.25) is 0 Å². The van der Waals surface area contributed by atoms with Gasteiger partial charge in [-0.05, 0) is 36.2 Å². The van der Waals surface area contributed by atoms with E-state index in [2.05, 4.69) is 35.6 Å². The highest BCUT2D eigenvalue weighted by Gasteiger charge is 2.12. The lowest BCUT2D eigenvalue weighted by molar-refractivity contribution is 0.0220. The summed E-state index contributed by atoms with van der Waals surface area (Å²) in [6.45, 7) is 8.16. The second-order valence-corrected chi connectivity index (χ2v) is 12.2. The molecular formula is C14H23BrO3Si. The first-order valence-electron chi connectivity index (χ1n) is 6.52. The van der Waals surface area contributed by atoms with Crippen LogP contribution in [-0.2, 0) is 11.2 Å². The number of benzene rings is 1. The van der Waals surface area contributed by atoms with Crippen molar-refractivity contribution in [1.29, 1.82) is 0 Å². The summed E-state index contributed by atoms with van der Waals surface area (Å²) in [6.07, 6.45) is 0.619. The monoisotopic (exact) mass is 346 g/mol. The van der Waals surface area contributed by atoms with E-state index < -0.39 is 8.07 Å². The third-order valence-electron chi connectivity index (χ3n) is 2.70. The molecule has 0 aromatic heterocycles. The van der Waals surface area contributed by atoms with Gasteiger partial charge in [-0.2, -0.15) is 0 Å². The average molecular weight is 347 g/mol. The topological polar surface area (TPSA) is 38.7 Å². The molecule has 19 heavy (non-hydrogen) atoms. The van der Waals surface area contributed by atoms with Crippen molar-refractivity contribution in [2.24, 2.45) is 0 Å². The minimum absolute atomic E-state index is 0.134. The average Bonchev–Trinajstić information content (AvgIpc) is 2.31. The minimum Gasteiger partial charge on any atom is -0.468 e. The number of aliphatic hydroxyl groups is 1. The Kier molecular flexibility index (Phi) is 7.06. The van der Waals surface area contributed by atoms with Crippen molar-refractivity contribution in [3.8, 4) is 5.75 Å². The van der Waals surface area contributed by atoms with Crippen LogP contribution >= 0.6 is 15.9 Å². The molecular weight excluding hydrogens is 324 g/mol. The molecule has 0 spiro atoms. The van der Waals surface area contributed by atoms with Crippen LogP contribution in [0.25, 0.3) is 0 Å². The highest BCUT2D eigenvalue weighted by molar-refractivity contribution is 9.10. The molecule has 0 amide bonds. The largest absolute Gasteiger partial charge is 0.468 e. The normalized spacial score (nSPS) is 11.6. The minimum atomic E-state index is -1.03. The standard InChI is InChI=1S/C14H23BrO3Si/c1-19(2,3)9-8-17-11-18-13-4-5-14(15)12(10-13)6-7-16/h4-5,10,16H,6-9,11H2,1-3H3. The summed E-state index contributed by atoms with van der Waals surface area (Å²) in [6, 6.07) is 6.91. The van der Waals surface area contributed by atoms with Gasteiger partial charge >= 0.3 is 0 Å². The number of hydrogen-bond acceptors (Lipinski definition) is 3. The summed E-state index contributed by atoms with van der Waals surface area (Å²) < 4.78 is 12.0. The van der Waals surface area contributed by atoms with Crippen molar-refractivity contribution in [3.05, 3.63) is 28.2 Å². The molecule has 0 saturated carbocycles.